The predicted octanol–water partition coefficient (Wildman–Crippen LogP) is -1.90. The van der Waals surface area contributed by atoms with E-state index in [1.54, 1.807) is 0 Å². The lowest BCUT2D eigenvalue weighted by atomic mass is 10.2. The second-order valence-corrected chi connectivity index (χ2v) is 4.46. The quantitative estimate of drug-likeness (QED) is 0.424. The highest BCUT2D eigenvalue weighted by atomic mass is 32.2. The Morgan fingerprint density at radius 2 is 2.00 bits per heavy atom. The molecule has 0 spiro atoms. The molecule has 9 heavy (non-hydrogen) atoms. The second kappa shape index (κ2) is 1.93. The van der Waals surface area contributed by atoms with Crippen molar-refractivity contribution in [1.29, 1.82) is 0 Å². The first kappa shape index (κ1) is 6.98. The number of hydrogen-bond acceptors (Lipinski definition) is 4. The maximum Gasteiger partial charge on any atom is 0.154 e. The van der Waals surface area contributed by atoms with E-state index in [0.29, 0.717) is 0 Å². The third kappa shape index (κ3) is 1.41. The van der Waals surface area contributed by atoms with Gasteiger partial charge in [0.05, 0.1) is 17.6 Å². The third-order valence-corrected chi connectivity index (χ3v) is 3.11. The molecule has 0 aromatic heterocycles. The van der Waals surface area contributed by atoms with Gasteiger partial charge in [0.25, 0.3) is 0 Å². The Bertz CT molecular complexity index is 182. The van der Waals surface area contributed by atoms with Crippen molar-refractivity contribution in [1.82, 2.24) is 0 Å². The topological polar surface area (TPSA) is 80.4 Å². The molecule has 1 heterocycles. The van der Waals surface area contributed by atoms with Gasteiger partial charge in [0.2, 0.25) is 0 Å². The van der Waals surface area contributed by atoms with Crippen LogP contribution in [0.2, 0.25) is 0 Å². The van der Waals surface area contributed by atoms with Gasteiger partial charge in [0.1, 0.15) is 0 Å². The molecule has 0 amide bonds. The highest BCUT2D eigenvalue weighted by Crippen LogP contribution is 2.09. The largest absolute Gasteiger partial charge is 0.390 e. The highest BCUT2D eigenvalue weighted by Gasteiger charge is 2.33. The van der Waals surface area contributed by atoms with E-state index in [9.17, 15) is 8.42 Å². The SMILES string of the molecule is N[C@H]1CS(=O)(=O)C[C@H]1O. The van der Waals surface area contributed by atoms with Crippen LogP contribution in [0.3, 0.4) is 0 Å². The van der Waals surface area contributed by atoms with E-state index >= 15 is 0 Å². The molecule has 1 saturated heterocycles. The van der Waals surface area contributed by atoms with Gasteiger partial charge in [-0.25, -0.2) is 8.42 Å². The molecular weight excluding hydrogens is 142 g/mol. The first-order valence-electron chi connectivity index (χ1n) is 2.65. The first-order valence-corrected chi connectivity index (χ1v) is 4.47. The fourth-order valence-corrected chi connectivity index (χ4v) is 2.57. The predicted molar refractivity (Wildman–Crippen MR) is 32.6 cm³/mol. The molecule has 1 aliphatic heterocycles. The summed E-state index contributed by atoms with van der Waals surface area (Å²) in [5.74, 6) is -0.248. The third-order valence-electron chi connectivity index (χ3n) is 1.37. The van der Waals surface area contributed by atoms with E-state index in [-0.39, 0.29) is 11.5 Å². The van der Waals surface area contributed by atoms with Crippen LogP contribution in [-0.4, -0.2) is 37.2 Å². The van der Waals surface area contributed by atoms with Crippen molar-refractivity contribution < 1.29 is 13.5 Å². The summed E-state index contributed by atoms with van der Waals surface area (Å²) in [5.41, 5.74) is 5.22. The summed E-state index contributed by atoms with van der Waals surface area (Å²) >= 11 is 0. The van der Waals surface area contributed by atoms with E-state index < -0.39 is 22.0 Å². The summed E-state index contributed by atoms with van der Waals surface area (Å²) in [7, 11) is -3.02. The van der Waals surface area contributed by atoms with Gasteiger partial charge in [-0.1, -0.05) is 0 Å². The van der Waals surface area contributed by atoms with Crippen molar-refractivity contribution in [3.8, 4) is 0 Å². The normalized spacial score (nSPS) is 41.1. The molecule has 0 bridgehead atoms. The average molecular weight is 151 g/mol. The molecule has 0 unspecified atom stereocenters. The maximum atomic E-state index is 10.6. The molecule has 1 aliphatic rings. The monoisotopic (exact) mass is 151 g/mol. The zero-order valence-corrected chi connectivity index (χ0v) is 5.63. The molecule has 0 saturated carbocycles. The van der Waals surface area contributed by atoms with Gasteiger partial charge >= 0.3 is 0 Å². The van der Waals surface area contributed by atoms with Crippen LogP contribution in [-0.2, 0) is 9.84 Å². The van der Waals surface area contributed by atoms with Gasteiger partial charge in [-0.05, 0) is 0 Å². The summed E-state index contributed by atoms with van der Waals surface area (Å²) in [4.78, 5) is 0. The molecule has 0 aromatic rings. The Balaban J connectivity index is 2.77. The molecule has 4 nitrogen and oxygen atoms in total. The van der Waals surface area contributed by atoms with Crippen molar-refractivity contribution in [2.24, 2.45) is 5.73 Å². The Morgan fingerprint density at radius 3 is 2.11 bits per heavy atom. The van der Waals surface area contributed by atoms with Crippen LogP contribution in [0.1, 0.15) is 0 Å². The fraction of sp³-hybridized carbons (Fsp3) is 1.00. The van der Waals surface area contributed by atoms with E-state index in [4.69, 9.17) is 10.8 Å². The molecular formula is C4H9NO3S. The Kier molecular flexibility index (Phi) is 1.50. The maximum absolute atomic E-state index is 10.6. The molecule has 5 heteroatoms. The Hall–Kier alpha value is -0.130. The smallest absolute Gasteiger partial charge is 0.154 e. The number of aliphatic hydroxyl groups is 1. The minimum absolute atomic E-state index is 0.0752. The van der Waals surface area contributed by atoms with Crippen LogP contribution >= 0.6 is 0 Å². The van der Waals surface area contributed by atoms with Gasteiger partial charge in [0, 0.05) is 6.04 Å². The summed E-state index contributed by atoms with van der Waals surface area (Å²) in [6.45, 7) is 0. The fourth-order valence-electron chi connectivity index (χ4n) is 0.856. The van der Waals surface area contributed by atoms with Crippen molar-refractivity contribution in [3.63, 3.8) is 0 Å². The van der Waals surface area contributed by atoms with Crippen LogP contribution in [0.15, 0.2) is 0 Å². The van der Waals surface area contributed by atoms with Crippen molar-refractivity contribution >= 4 is 9.84 Å². The number of nitrogens with two attached hydrogens (primary N) is 1. The van der Waals surface area contributed by atoms with Crippen LogP contribution < -0.4 is 5.73 Å². The van der Waals surface area contributed by atoms with Crippen LogP contribution in [0.5, 0.6) is 0 Å². The molecule has 2 atom stereocenters. The average Bonchev–Trinajstić information content (AvgIpc) is 1.79. The van der Waals surface area contributed by atoms with E-state index in [0.717, 1.165) is 0 Å². The van der Waals surface area contributed by atoms with Gasteiger partial charge < -0.3 is 10.8 Å². The van der Waals surface area contributed by atoms with Crippen LogP contribution in [0.4, 0.5) is 0 Å². The second-order valence-electron chi connectivity index (χ2n) is 2.31. The van der Waals surface area contributed by atoms with Crippen molar-refractivity contribution in [2.45, 2.75) is 12.1 Å². The molecule has 0 aromatic carbocycles. The molecule has 1 fully saturated rings. The standard InChI is InChI=1S/C4H9NO3S/c5-3-1-9(7,8)2-4(3)6/h3-4,6H,1-2,5H2/t3-,4+/m0/s1. The number of rotatable bonds is 0. The number of sulfone groups is 1. The zero-order valence-electron chi connectivity index (χ0n) is 4.82. The van der Waals surface area contributed by atoms with E-state index in [1.807, 2.05) is 0 Å². The van der Waals surface area contributed by atoms with Gasteiger partial charge in [-0.15, -0.1) is 0 Å². The minimum atomic E-state index is -3.02. The van der Waals surface area contributed by atoms with Crippen molar-refractivity contribution in [3.05, 3.63) is 0 Å². The molecule has 0 radical (unpaired) electrons. The van der Waals surface area contributed by atoms with Crippen molar-refractivity contribution in [2.75, 3.05) is 11.5 Å². The summed E-state index contributed by atoms with van der Waals surface area (Å²) in [6.07, 6.45) is -0.852. The highest BCUT2D eigenvalue weighted by molar-refractivity contribution is 7.91. The lowest BCUT2D eigenvalue weighted by Crippen LogP contribution is -2.32. The molecule has 3 N–H and O–H groups in total. The molecule has 54 valence electrons. The Morgan fingerprint density at radius 1 is 1.44 bits per heavy atom. The van der Waals surface area contributed by atoms with Gasteiger partial charge in [-0.2, -0.15) is 0 Å². The summed E-state index contributed by atoms with van der Waals surface area (Å²) in [5, 5.41) is 8.83. The van der Waals surface area contributed by atoms with Gasteiger partial charge in [0.15, 0.2) is 9.84 Å². The van der Waals surface area contributed by atoms with Gasteiger partial charge in [-0.3, -0.25) is 0 Å². The first-order chi connectivity index (χ1) is 4.01. The van der Waals surface area contributed by atoms with Crippen LogP contribution in [0, 0.1) is 0 Å². The zero-order chi connectivity index (χ0) is 7.07. The molecule has 0 aliphatic carbocycles. The van der Waals surface area contributed by atoms with E-state index in [2.05, 4.69) is 0 Å². The Labute approximate surface area is 53.6 Å². The number of aliphatic hydroxyl groups excluding tert-OH is 1. The lowest BCUT2D eigenvalue weighted by Gasteiger charge is -2.02. The summed E-state index contributed by atoms with van der Waals surface area (Å²) in [6, 6.07) is -0.574. The molecule has 1 rings (SSSR count). The van der Waals surface area contributed by atoms with Crippen LogP contribution in [0.25, 0.3) is 0 Å². The lowest BCUT2D eigenvalue weighted by molar-refractivity contribution is 0.183. The van der Waals surface area contributed by atoms with E-state index in [1.165, 1.54) is 0 Å². The number of hydrogen-bond donors (Lipinski definition) is 2. The summed E-state index contributed by atoms with van der Waals surface area (Å²) < 4.78 is 21.2. The minimum Gasteiger partial charge on any atom is -0.390 e.